The summed E-state index contributed by atoms with van der Waals surface area (Å²) >= 11 is 0. The third-order valence-corrected chi connectivity index (χ3v) is 0.375. The van der Waals surface area contributed by atoms with E-state index in [1.807, 2.05) is 0 Å². The van der Waals surface area contributed by atoms with Gasteiger partial charge in [0.2, 0.25) is 0 Å². The summed E-state index contributed by atoms with van der Waals surface area (Å²) in [5.41, 5.74) is 0. The van der Waals surface area contributed by atoms with E-state index in [1.165, 1.54) is 0 Å². The van der Waals surface area contributed by atoms with E-state index in [9.17, 15) is 0 Å². The van der Waals surface area contributed by atoms with Gasteiger partial charge in [0.1, 0.15) is 0 Å². The molecule has 0 heterocycles. The number of hydrogen-bond donors (Lipinski definition) is 1. The predicted molar refractivity (Wildman–Crippen MR) is 30.0 cm³/mol. The fourth-order valence-electron chi connectivity index (χ4n) is 0.156. The first-order valence-corrected chi connectivity index (χ1v) is 2.00. The van der Waals surface area contributed by atoms with Crippen LogP contribution in [0.2, 0.25) is 0 Å². The molecule has 0 aromatic heterocycles. The molecular formula is C6H7N. The Morgan fingerprint density at radius 2 is 1.43 bits per heavy atom. The molecule has 0 fully saturated rings. The number of hydrogen-bond acceptors (Lipinski definition) is 1. The maximum absolute atomic E-state index is 2.64. The number of rotatable bonds is 0. The van der Waals surface area contributed by atoms with Crippen molar-refractivity contribution in [1.29, 1.82) is 0 Å². The summed E-state index contributed by atoms with van der Waals surface area (Å²) in [6.07, 6.45) is 0. The lowest BCUT2D eigenvalue weighted by Gasteiger charge is -1.70. The van der Waals surface area contributed by atoms with Gasteiger partial charge in [-0.25, -0.2) is 0 Å². The Kier molecular flexibility index (Phi) is 4.16. The molecule has 0 atom stereocenters. The van der Waals surface area contributed by atoms with Crippen LogP contribution in [0.1, 0.15) is 13.8 Å². The molecule has 0 saturated heterocycles. The van der Waals surface area contributed by atoms with Gasteiger partial charge in [0.15, 0.2) is 0 Å². The van der Waals surface area contributed by atoms with Crippen LogP contribution in [-0.2, 0) is 0 Å². The number of nitrogens with one attached hydrogen (secondary N) is 1. The molecule has 0 aliphatic carbocycles. The van der Waals surface area contributed by atoms with Crippen molar-refractivity contribution >= 4 is 0 Å². The van der Waals surface area contributed by atoms with Gasteiger partial charge in [-0.05, 0) is 13.8 Å². The minimum absolute atomic E-state index is 1.75. The van der Waals surface area contributed by atoms with Crippen LogP contribution in [0.25, 0.3) is 0 Å². The van der Waals surface area contributed by atoms with Crippen molar-refractivity contribution in [3.05, 3.63) is 0 Å². The maximum atomic E-state index is 2.64. The monoisotopic (exact) mass is 93.1 g/mol. The molecule has 0 saturated carbocycles. The maximum Gasteiger partial charge on any atom is 0.0168 e. The van der Waals surface area contributed by atoms with Crippen molar-refractivity contribution < 1.29 is 0 Å². The van der Waals surface area contributed by atoms with Crippen LogP contribution in [0.15, 0.2) is 0 Å². The molecule has 1 N–H and O–H groups in total. The van der Waals surface area contributed by atoms with Gasteiger partial charge in [0.25, 0.3) is 0 Å². The predicted octanol–water partition coefficient (Wildman–Crippen LogP) is 0.538. The topological polar surface area (TPSA) is 12.0 Å². The highest BCUT2D eigenvalue weighted by Crippen LogP contribution is 1.44. The van der Waals surface area contributed by atoms with E-state index >= 15 is 0 Å². The summed E-state index contributed by atoms with van der Waals surface area (Å²) in [6.45, 7) is 3.51. The van der Waals surface area contributed by atoms with E-state index in [0.29, 0.717) is 0 Å². The van der Waals surface area contributed by atoms with Crippen LogP contribution in [0.4, 0.5) is 0 Å². The van der Waals surface area contributed by atoms with Crippen molar-refractivity contribution in [1.82, 2.24) is 5.32 Å². The summed E-state index contributed by atoms with van der Waals surface area (Å²) in [4.78, 5) is 0. The SMILES string of the molecule is CC#CNC#CC. The lowest BCUT2D eigenvalue weighted by atomic mass is 10.7. The minimum Gasteiger partial charge on any atom is -0.274 e. The van der Waals surface area contributed by atoms with Crippen molar-refractivity contribution in [3.63, 3.8) is 0 Å². The summed E-state index contributed by atoms with van der Waals surface area (Å²) in [5, 5.41) is 2.56. The minimum atomic E-state index is 1.75. The molecule has 1 heteroatoms. The summed E-state index contributed by atoms with van der Waals surface area (Å²) in [5.74, 6) is 5.28. The van der Waals surface area contributed by atoms with Crippen molar-refractivity contribution in [2.75, 3.05) is 0 Å². The molecule has 0 aliphatic heterocycles. The normalized spacial score (nSPS) is 4.29. The van der Waals surface area contributed by atoms with Gasteiger partial charge in [-0.1, -0.05) is 11.8 Å². The van der Waals surface area contributed by atoms with Crippen molar-refractivity contribution in [2.24, 2.45) is 0 Å². The fraction of sp³-hybridized carbons (Fsp3) is 0.333. The Morgan fingerprint density at radius 1 is 1.00 bits per heavy atom. The summed E-state index contributed by atoms with van der Waals surface area (Å²) in [7, 11) is 0. The zero-order valence-corrected chi connectivity index (χ0v) is 4.50. The van der Waals surface area contributed by atoms with E-state index in [2.05, 4.69) is 29.2 Å². The highest BCUT2D eigenvalue weighted by Gasteiger charge is 1.51. The van der Waals surface area contributed by atoms with Gasteiger partial charge in [-0.3, -0.25) is 5.32 Å². The molecule has 0 aromatic rings. The van der Waals surface area contributed by atoms with E-state index < -0.39 is 0 Å². The van der Waals surface area contributed by atoms with Crippen LogP contribution >= 0.6 is 0 Å². The molecule has 1 nitrogen and oxygen atoms in total. The van der Waals surface area contributed by atoms with Crippen LogP contribution in [0, 0.1) is 23.9 Å². The Balaban J connectivity index is 3.21. The molecule has 0 amide bonds. The quantitative estimate of drug-likeness (QED) is 0.340. The van der Waals surface area contributed by atoms with E-state index in [1.54, 1.807) is 13.8 Å². The van der Waals surface area contributed by atoms with E-state index in [-0.39, 0.29) is 0 Å². The van der Waals surface area contributed by atoms with Gasteiger partial charge in [0, 0.05) is 12.1 Å². The van der Waals surface area contributed by atoms with E-state index in [0.717, 1.165) is 0 Å². The zero-order chi connectivity index (χ0) is 5.54. The Hall–Kier alpha value is -1.08. The Bertz CT molecular complexity index is 119. The molecule has 36 valence electrons. The fourth-order valence-corrected chi connectivity index (χ4v) is 0.156. The average molecular weight is 93.1 g/mol. The first-order chi connectivity index (χ1) is 3.41. The van der Waals surface area contributed by atoms with Crippen molar-refractivity contribution in [2.45, 2.75) is 13.8 Å². The second-order valence-corrected chi connectivity index (χ2v) is 0.875. The lowest BCUT2D eigenvalue weighted by molar-refractivity contribution is 1.33. The average Bonchev–Trinajstić information content (AvgIpc) is 1.69. The first-order valence-electron chi connectivity index (χ1n) is 2.00. The van der Waals surface area contributed by atoms with Crippen molar-refractivity contribution in [3.8, 4) is 23.9 Å². The van der Waals surface area contributed by atoms with Gasteiger partial charge in [-0.2, -0.15) is 0 Å². The standard InChI is InChI=1S/C6H7N/c1-3-5-7-6-4-2/h7H,1-2H3. The molecule has 0 unspecified atom stereocenters. The highest BCUT2D eigenvalue weighted by molar-refractivity contribution is 5.04. The molecule has 0 radical (unpaired) electrons. The smallest absolute Gasteiger partial charge is 0.0168 e. The molecule has 0 spiro atoms. The highest BCUT2D eigenvalue weighted by atomic mass is 14.8. The third kappa shape index (κ3) is 4.92. The van der Waals surface area contributed by atoms with Gasteiger partial charge in [-0.15, -0.1) is 0 Å². The third-order valence-electron chi connectivity index (χ3n) is 0.375. The van der Waals surface area contributed by atoms with Gasteiger partial charge >= 0.3 is 0 Å². The molecule has 0 aromatic carbocycles. The lowest BCUT2D eigenvalue weighted by Crippen LogP contribution is -1.90. The molecule has 7 heavy (non-hydrogen) atoms. The Morgan fingerprint density at radius 3 is 1.71 bits per heavy atom. The van der Waals surface area contributed by atoms with Crippen LogP contribution in [0.5, 0.6) is 0 Å². The van der Waals surface area contributed by atoms with Crippen LogP contribution < -0.4 is 5.32 Å². The van der Waals surface area contributed by atoms with Crippen LogP contribution in [-0.4, -0.2) is 0 Å². The summed E-state index contributed by atoms with van der Waals surface area (Å²) < 4.78 is 0. The van der Waals surface area contributed by atoms with E-state index in [4.69, 9.17) is 0 Å². The molecular weight excluding hydrogens is 86.1 g/mol. The largest absolute Gasteiger partial charge is 0.274 e. The second kappa shape index (κ2) is 4.92. The molecule has 0 bridgehead atoms. The van der Waals surface area contributed by atoms with Gasteiger partial charge in [0.05, 0.1) is 0 Å². The second-order valence-electron chi connectivity index (χ2n) is 0.875. The molecule has 0 rings (SSSR count). The Labute approximate surface area is 44.1 Å². The zero-order valence-electron chi connectivity index (χ0n) is 4.50. The summed E-state index contributed by atoms with van der Waals surface area (Å²) in [6, 6.07) is 5.15. The first kappa shape index (κ1) is 5.92. The van der Waals surface area contributed by atoms with Gasteiger partial charge < -0.3 is 0 Å². The van der Waals surface area contributed by atoms with Crippen LogP contribution in [0.3, 0.4) is 0 Å². The molecule has 0 aliphatic rings.